The van der Waals surface area contributed by atoms with Gasteiger partial charge in [-0.05, 0) is 45.9 Å². The summed E-state index contributed by atoms with van der Waals surface area (Å²) in [6.45, 7) is 1.35. The summed E-state index contributed by atoms with van der Waals surface area (Å²) in [6.07, 6.45) is 0.608. The molecule has 2 aromatic carbocycles. The minimum Gasteiger partial charge on any atom is -0.368 e. The van der Waals surface area contributed by atoms with E-state index in [1.54, 1.807) is 0 Å². The highest BCUT2D eigenvalue weighted by Crippen LogP contribution is 2.10. The molecule has 0 aliphatic rings. The van der Waals surface area contributed by atoms with Crippen LogP contribution in [-0.2, 0) is 27.2 Å². The minimum absolute atomic E-state index is 0.288. The third-order valence-electron chi connectivity index (χ3n) is 3.97. The van der Waals surface area contributed by atoms with E-state index in [0.29, 0.717) is 6.42 Å². The predicted molar refractivity (Wildman–Crippen MR) is 112 cm³/mol. The highest BCUT2D eigenvalue weighted by atomic mass is 127. The van der Waals surface area contributed by atoms with E-state index in [-0.39, 0.29) is 12.3 Å². The van der Waals surface area contributed by atoms with Gasteiger partial charge < -0.3 is 16.4 Å². The zero-order chi connectivity index (χ0) is 19.8. The van der Waals surface area contributed by atoms with Gasteiger partial charge in [0, 0.05) is 23.3 Å². The molecule has 0 unspecified atom stereocenters. The van der Waals surface area contributed by atoms with E-state index >= 15 is 0 Å². The Bertz CT molecular complexity index is 811. The summed E-state index contributed by atoms with van der Waals surface area (Å²) in [4.78, 5) is 36.1. The summed E-state index contributed by atoms with van der Waals surface area (Å²) in [5, 5.41) is 5.32. The van der Waals surface area contributed by atoms with Gasteiger partial charge in [-0.25, -0.2) is 0 Å². The van der Waals surface area contributed by atoms with Gasteiger partial charge in [0.05, 0.1) is 0 Å². The van der Waals surface area contributed by atoms with Crippen molar-refractivity contribution in [2.75, 3.05) is 0 Å². The monoisotopic (exact) mass is 479 g/mol. The molecule has 6 nitrogen and oxygen atoms in total. The predicted octanol–water partition coefficient (Wildman–Crippen LogP) is 1.55. The highest BCUT2D eigenvalue weighted by Gasteiger charge is 2.25. The van der Waals surface area contributed by atoms with Crippen molar-refractivity contribution in [2.45, 2.75) is 31.8 Å². The third kappa shape index (κ3) is 7.01. The molecule has 0 aliphatic carbocycles. The van der Waals surface area contributed by atoms with Crippen molar-refractivity contribution < 1.29 is 14.4 Å². The Morgan fingerprint density at radius 3 is 2.15 bits per heavy atom. The molecule has 0 radical (unpaired) electrons. The van der Waals surface area contributed by atoms with Crippen molar-refractivity contribution in [3.05, 3.63) is 69.3 Å². The topological polar surface area (TPSA) is 101 Å². The zero-order valence-corrected chi connectivity index (χ0v) is 17.1. The standard InChI is InChI=1S/C20H22IN3O3/c1-13(25)23-18(11-14-6-3-2-4-7-14)20(27)24-17(19(22)26)12-15-8-5-9-16(21)10-15/h2-10,17-18H,11-12H2,1H3,(H2,22,26)(H,23,25)(H,24,27)/t17-,18+/m0/s1. The lowest BCUT2D eigenvalue weighted by molar-refractivity contribution is -0.130. The van der Waals surface area contributed by atoms with E-state index in [1.807, 2.05) is 54.6 Å². The lowest BCUT2D eigenvalue weighted by atomic mass is 10.0. The van der Waals surface area contributed by atoms with Gasteiger partial charge in [-0.2, -0.15) is 0 Å². The number of primary amides is 1. The number of benzene rings is 2. The van der Waals surface area contributed by atoms with Crippen LogP contribution in [0, 0.1) is 3.57 Å². The first-order valence-electron chi connectivity index (χ1n) is 8.50. The first-order chi connectivity index (χ1) is 12.8. The SMILES string of the molecule is CC(=O)N[C@H](Cc1ccccc1)C(=O)N[C@@H](Cc1cccc(I)c1)C(N)=O. The van der Waals surface area contributed by atoms with Gasteiger partial charge in [-0.3, -0.25) is 14.4 Å². The second-order valence-electron chi connectivity index (χ2n) is 6.24. The zero-order valence-electron chi connectivity index (χ0n) is 14.9. The average Bonchev–Trinajstić information content (AvgIpc) is 2.61. The molecular weight excluding hydrogens is 457 g/mol. The van der Waals surface area contributed by atoms with Crippen LogP contribution >= 0.6 is 22.6 Å². The smallest absolute Gasteiger partial charge is 0.243 e. The second kappa shape index (κ2) is 10.1. The number of nitrogens with one attached hydrogen (secondary N) is 2. The maximum Gasteiger partial charge on any atom is 0.243 e. The van der Waals surface area contributed by atoms with Crippen LogP contribution in [0.4, 0.5) is 0 Å². The quantitative estimate of drug-likeness (QED) is 0.501. The molecule has 0 heterocycles. The van der Waals surface area contributed by atoms with Crippen molar-refractivity contribution >= 4 is 40.3 Å². The molecule has 2 atom stereocenters. The van der Waals surface area contributed by atoms with Crippen LogP contribution in [0.5, 0.6) is 0 Å². The van der Waals surface area contributed by atoms with Gasteiger partial charge >= 0.3 is 0 Å². The molecule has 4 N–H and O–H groups in total. The van der Waals surface area contributed by atoms with Gasteiger partial charge in [0.2, 0.25) is 17.7 Å². The molecule has 0 fully saturated rings. The third-order valence-corrected chi connectivity index (χ3v) is 4.64. The molecular formula is C20H22IN3O3. The van der Waals surface area contributed by atoms with Crippen LogP contribution in [0.15, 0.2) is 54.6 Å². The molecule has 0 saturated carbocycles. The van der Waals surface area contributed by atoms with Crippen LogP contribution in [0.1, 0.15) is 18.1 Å². The number of nitrogens with two attached hydrogens (primary N) is 1. The normalized spacial score (nSPS) is 12.7. The summed E-state index contributed by atoms with van der Waals surface area (Å²) in [6, 6.07) is 15.3. The number of halogens is 1. The van der Waals surface area contributed by atoms with Crippen LogP contribution in [0.3, 0.4) is 0 Å². The molecule has 0 spiro atoms. The number of rotatable bonds is 8. The first kappa shape index (κ1) is 20.9. The highest BCUT2D eigenvalue weighted by molar-refractivity contribution is 14.1. The lowest BCUT2D eigenvalue weighted by Crippen LogP contribution is -2.54. The Hall–Kier alpha value is -2.42. The van der Waals surface area contributed by atoms with E-state index in [2.05, 4.69) is 33.2 Å². The van der Waals surface area contributed by atoms with Crippen molar-refractivity contribution in [1.82, 2.24) is 10.6 Å². The average molecular weight is 479 g/mol. The molecule has 0 bridgehead atoms. The van der Waals surface area contributed by atoms with E-state index in [1.165, 1.54) is 6.92 Å². The Morgan fingerprint density at radius 1 is 0.926 bits per heavy atom. The van der Waals surface area contributed by atoms with Gasteiger partial charge in [-0.1, -0.05) is 42.5 Å². The molecule has 0 aliphatic heterocycles. The van der Waals surface area contributed by atoms with Crippen LogP contribution in [0.2, 0.25) is 0 Å². The largest absolute Gasteiger partial charge is 0.368 e. The molecule has 2 rings (SSSR count). The van der Waals surface area contributed by atoms with Crippen molar-refractivity contribution in [2.24, 2.45) is 5.73 Å². The second-order valence-corrected chi connectivity index (χ2v) is 7.49. The summed E-state index contributed by atoms with van der Waals surface area (Å²) in [5.74, 6) is -1.38. The Morgan fingerprint density at radius 2 is 1.56 bits per heavy atom. The van der Waals surface area contributed by atoms with E-state index < -0.39 is 23.9 Å². The molecule has 3 amide bonds. The fourth-order valence-corrected chi connectivity index (χ4v) is 3.31. The van der Waals surface area contributed by atoms with Crippen LogP contribution < -0.4 is 16.4 Å². The summed E-state index contributed by atoms with van der Waals surface area (Å²) in [7, 11) is 0. The number of hydrogen-bond donors (Lipinski definition) is 3. The molecule has 2 aromatic rings. The maximum atomic E-state index is 12.7. The van der Waals surface area contributed by atoms with E-state index in [9.17, 15) is 14.4 Å². The molecule has 0 aromatic heterocycles. The number of carbonyl (C=O) groups is 3. The fraction of sp³-hybridized carbons (Fsp3) is 0.250. The fourth-order valence-electron chi connectivity index (χ4n) is 2.70. The Balaban J connectivity index is 2.11. The molecule has 0 saturated heterocycles. The van der Waals surface area contributed by atoms with Crippen molar-refractivity contribution in [3.8, 4) is 0 Å². The molecule has 142 valence electrons. The van der Waals surface area contributed by atoms with Gasteiger partial charge in [-0.15, -0.1) is 0 Å². The summed E-state index contributed by atoms with van der Waals surface area (Å²) >= 11 is 2.18. The summed E-state index contributed by atoms with van der Waals surface area (Å²) in [5.41, 5.74) is 7.28. The Labute approximate surface area is 172 Å². The lowest BCUT2D eigenvalue weighted by Gasteiger charge is -2.22. The number of hydrogen-bond acceptors (Lipinski definition) is 3. The first-order valence-corrected chi connectivity index (χ1v) is 9.58. The maximum absolute atomic E-state index is 12.7. The number of amides is 3. The summed E-state index contributed by atoms with van der Waals surface area (Å²) < 4.78 is 1.03. The van der Waals surface area contributed by atoms with Crippen LogP contribution in [0.25, 0.3) is 0 Å². The van der Waals surface area contributed by atoms with E-state index in [4.69, 9.17) is 5.73 Å². The van der Waals surface area contributed by atoms with Gasteiger partial charge in [0.1, 0.15) is 12.1 Å². The van der Waals surface area contributed by atoms with Gasteiger partial charge in [0.25, 0.3) is 0 Å². The molecule has 7 heteroatoms. The van der Waals surface area contributed by atoms with Crippen molar-refractivity contribution in [3.63, 3.8) is 0 Å². The van der Waals surface area contributed by atoms with Crippen molar-refractivity contribution in [1.29, 1.82) is 0 Å². The minimum atomic E-state index is -0.859. The number of carbonyl (C=O) groups excluding carboxylic acids is 3. The van der Waals surface area contributed by atoms with E-state index in [0.717, 1.165) is 14.7 Å². The Kier molecular flexibility index (Phi) is 7.78. The van der Waals surface area contributed by atoms with Gasteiger partial charge in [0.15, 0.2) is 0 Å². The molecule has 27 heavy (non-hydrogen) atoms. The van der Waals surface area contributed by atoms with Crippen LogP contribution in [-0.4, -0.2) is 29.8 Å².